The zero-order chi connectivity index (χ0) is 19.2. The second kappa shape index (κ2) is 8.83. The number of ether oxygens (including phenoxy) is 1. The largest absolute Gasteiger partial charge is 0.455 e. The fourth-order valence-corrected chi connectivity index (χ4v) is 3.21. The van der Waals surface area contributed by atoms with Gasteiger partial charge in [0, 0.05) is 26.6 Å². The predicted molar refractivity (Wildman–Crippen MR) is 98.4 cm³/mol. The normalized spacial score (nSPS) is 16.2. The zero-order valence-electron chi connectivity index (χ0n) is 15.8. The summed E-state index contributed by atoms with van der Waals surface area (Å²) in [4.78, 5) is 38.2. The Morgan fingerprint density at radius 1 is 1.15 bits per heavy atom. The molecule has 1 aromatic carbocycles. The molecule has 1 aromatic rings. The maximum Gasteiger partial charge on any atom is 0.317 e. The molecule has 0 saturated carbocycles. The lowest BCUT2D eigenvalue weighted by molar-refractivity contribution is -0.157. The van der Waals surface area contributed by atoms with E-state index in [4.69, 9.17) is 4.74 Å². The molecule has 6 nitrogen and oxygen atoms in total. The van der Waals surface area contributed by atoms with Gasteiger partial charge in [-0.2, -0.15) is 0 Å². The van der Waals surface area contributed by atoms with Gasteiger partial charge in [0.2, 0.25) is 5.91 Å². The summed E-state index contributed by atoms with van der Waals surface area (Å²) in [6.07, 6.45) is 0.978. The Bertz CT molecular complexity index is 634. The van der Waals surface area contributed by atoms with Crippen molar-refractivity contribution in [1.29, 1.82) is 0 Å². The molecule has 1 saturated heterocycles. The van der Waals surface area contributed by atoms with Crippen molar-refractivity contribution in [2.24, 2.45) is 5.92 Å². The van der Waals surface area contributed by atoms with Gasteiger partial charge in [0.25, 0.3) is 5.91 Å². The Morgan fingerprint density at radius 2 is 1.77 bits per heavy atom. The third kappa shape index (κ3) is 4.84. The van der Waals surface area contributed by atoms with Crippen LogP contribution in [0, 0.1) is 5.92 Å². The van der Waals surface area contributed by atoms with Gasteiger partial charge in [0.05, 0.1) is 5.41 Å². The van der Waals surface area contributed by atoms with Gasteiger partial charge in [-0.15, -0.1) is 0 Å². The molecule has 1 heterocycles. The number of amides is 2. The maximum atomic E-state index is 12.9. The number of esters is 1. The highest BCUT2D eigenvalue weighted by Gasteiger charge is 2.44. The van der Waals surface area contributed by atoms with E-state index in [0.29, 0.717) is 38.4 Å². The molecule has 2 rings (SSSR count). The third-order valence-corrected chi connectivity index (χ3v) is 4.82. The summed E-state index contributed by atoms with van der Waals surface area (Å²) in [6.45, 7) is 6.80. The molecule has 0 aliphatic carbocycles. The monoisotopic (exact) mass is 360 g/mol. The highest BCUT2D eigenvalue weighted by atomic mass is 16.5. The van der Waals surface area contributed by atoms with Crippen LogP contribution in [-0.4, -0.2) is 48.9 Å². The van der Waals surface area contributed by atoms with E-state index >= 15 is 0 Å². The Hall–Kier alpha value is -2.37. The lowest BCUT2D eigenvalue weighted by atomic mass is 9.72. The molecule has 0 aromatic heterocycles. The summed E-state index contributed by atoms with van der Waals surface area (Å²) in [7, 11) is 0. The van der Waals surface area contributed by atoms with Gasteiger partial charge in [-0.1, -0.05) is 44.2 Å². The van der Waals surface area contributed by atoms with E-state index in [1.54, 1.807) is 4.90 Å². The second-order valence-corrected chi connectivity index (χ2v) is 7.23. The molecule has 1 aliphatic heterocycles. The lowest BCUT2D eigenvalue weighted by Crippen LogP contribution is -2.49. The van der Waals surface area contributed by atoms with Gasteiger partial charge >= 0.3 is 5.97 Å². The van der Waals surface area contributed by atoms with Crippen molar-refractivity contribution in [3.63, 3.8) is 0 Å². The summed E-state index contributed by atoms with van der Waals surface area (Å²) >= 11 is 0. The lowest BCUT2D eigenvalue weighted by Gasteiger charge is -2.40. The summed E-state index contributed by atoms with van der Waals surface area (Å²) < 4.78 is 5.37. The Balaban J connectivity index is 2.09. The molecule has 1 aliphatic rings. The minimum Gasteiger partial charge on any atom is -0.455 e. The fraction of sp³-hybridized carbons (Fsp3) is 0.550. The van der Waals surface area contributed by atoms with E-state index in [1.807, 2.05) is 44.2 Å². The number of rotatable bonds is 6. The van der Waals surface area contributed by atoms with Gasteiger partial charge < -0.3 is 15.0 Å². The first-order valence-corrected chi connectivity index (χ1v) is 9.10. The van der Waals surface area contributed by atoms with Crippen molar-refractivity contribution in [2.45, 2.75) is 39.0 Å². The van der Waals surface area contributed by atoms with E-state index in [-0.39, 0.29) is 18.4 Å². The summed E-state index contributed by atoms with van der Waals surface area (Å²) in [5, 5.41) is 2.75. The minimum absolute atomic E-state index is 0.00749. The molecule has 0 radical (unpaired) electrons. The van der Waals surface area contributed by atoms with Crippen LogP contribution in [0.1, 0.15) is 39.2 Å². The fourth-order valence-electron chi connectivity index (χ4n) is 3.21. The number of nitrogens with zero attached hydrogens (tertiary/aromatic N) is 1. The van der Waals surface area contributed by atoms with E-state index < -0.39 is 11.4 Å². The predicted octanol–water partition coefficient (Wildman–Crippen LogP) is 1.88. The standard InChI is InChI=1S/C20H28N2O4/c1-15(2)13-21-18(24)14-26-19(25)20(17-7-5-4-6-8-17)9-11-22(12-10-20)16(3)23/h4-8,15H,9-14H2,1-3H3,(H,21,24). The molecule has 0 spiro atoms. The highest BCUT2D eigenvalue weighted by Crippen LogP contribution is 2.37. The number of carbonyl (C=O) groups is 3. The van der Waals surface area contributed by atoms with Crippen LogP contribution in [0.15, 0.2) is 30.3 Å². The van der Waals surface area contributed by atoms with Crippen LogP contribution in [-0.2, 0) is 24.5 Å². The number of benzene rings is 1. The van der Waals surface area contributed by atoms with Crippen LogP contribution in [0.5, 0.6) is 0 Å². The Labute approximate surface area is 154 Å². The van der Waals surface area contributed by atoms with E-state index in [9.17, 15) is 14.4 Å². The SMILES string of the molecule is CC(=O)N1CCC(C(=O)OCC(=O)NCC(C)C)(c2ccccc2)CC1. The number of likely N-dealkylation sites (tertiary alicyclic amines) is 1. The number of piperidine rings is 1. The molecular weight excluding hydrogens is 332 g/mol. The number of nitrogens with one attached hydrogen (secondary N) is 1. The Kier molecular flexibility index (Phi) is 6.77. The summed E-state index contributed by atoms with van der Waals surface area (Å²) in [6, 6.07) is 9.48. The molecular formula is C20H28N2O4. The molecule has 0 unspecified atom stereocenters. The molecule has 2 amide bonds. The molecule has 6 heteroatoms. The average Bonchev–Trinajstić information content (AvgIpc) is 2.65. The van der Waals surface area contributed by atoms with Gasteiger partial charge in [0.15, 0.2) is 6.61 Å². The van der Waals surface area contributed by atoms with Crippen LogP contribution < -0.4 is 5.32 Å². The van der Waals surface area contributed by atoms with Crippen molar-refractivity contribution in [3.8, 4) is 0 Å². The van der Waals surface area contributed by atoms with E-state index in [2.05, 4.69) is 5.32 Å². The van der Waals surface area contributed by atoms with Crippen LogP contribution >= 0.6 is 0 Å². The topological polar surface area (TPSA) is 75.7 Å². The molecule has 0 atom stereocenters. The van der Waals surface area contributed by atoms with Crippen LogP contribution in [0.2, 0.25) is 0 Å². The first kappa shape index (κ1) is 19.9. The number of hydrogen-bond acceptors (Lipinski definition) is 4. The number of hydrogen-bond donors (Lipinski definition) is 1. The minimum atomic E-state index is -0.814. The number of carbonyl (C=O) groups excluding carboxylic acids is 3. The molecule has 1 fully saturated rings. The van der Waals surface area contributed by atoms with E-state index in [1.165, 1.54) is 6.92 Å². The quantitative estimate of drug-likeness (QED) is 0.786. The second-order valence-electron chi connectivity index (χ2n) is 7.23. The van der Waals surface area contributed by atoms with Gasteiger partial charge in [-0.3, -0.25) is 14.4 Å². The molecule has 1 N–H and O–H groups in total. The smallest absolute Gasteiger partial charge is 0.317 e. The van der Waals surface area contributed by atoms with Crippen molar-refractivity contribution in [2.75, 3.05) is 26.2 Å². The Morgan fingerprint density at radius 3 is 2.31 bits per heavy atom. The zero-order valence-corrected chi connectivity index (χ0v) is 15.8. The average molecular weight is 360 g/mol. The maximum absolute atomic E-state index is 12.9. The summed E-state index contributed by atoms with van der Waals surface area (Å²) in [5.41, 5.74) is 0.0572. The van der Waals surface area contributed by atoms with Gasteiger partial charge in [0.1, 0.15) is 0 Å². The molecule has 26 heavy (non-hydrogen) atoms. The van der Waals surface area contributed by atoms with Crippen LogP contribution in [0.4, 0.5) is 0 Å². The first-order valence-electron chi connectivity index (χ1n) is 9.10. The van der Waals surface area contributed by atoms with Crippen molar-refractivity contribution in [1.82, 2.24) is 10.2 Å². The third-order valence-electron chi connectivity index (χ3n) is 4.82. The molecule has 142 valence electrons. The van der Waals surface area contributed by atoms with Gasteiger partial charge in [-0.25, -0.2) is 0 Å². The van der Waals surface area contributed by atoms with Crippen molar-refractivity contribution < 1.29 is 19.1 Å². The highest BCUT2D eigenvalue weighted by molar-refractivity contribution is 5.87. The van der Waals surface area contributed by atoms with Crippen LogP contribution in [0.3, 0.4) is 0 Å². The van der Waals surface area contributed by atoms with E-state index in [0.717, 1.165) is 5.56 Å². The van der Waals surface area contributed by atoms with Gasteiger partial charge in [-0.05, 0) is 24.3 Å². The first-order chi connectivity index (χ1) is 12.3. The van der Waals surface area contributed by atoms with Crippen molar-refractivity contribution >= 4 is 17.8 Å². The van der Waals surface area contributed by atoms with Crippen LogP contribution in [0.25, 0.3) is 0 Å². The summed E-state index contributed by atoms with van der Waals surface area (Å²) in [5.74, 6) is -0.350. The molecule has 0 bridgehead atoms. The van der Waals surface area contributed by atoms with Crippen molar-refractivity contribution in [3.05, 3.63) is 35.9 Å².